The third-order valence-electron chi connectivity index (χ3n) is 2.33. The number of nitrogens with zero attached hydrogens (tertiary/aromatic N) is 3. The molecule has 0 atom stereocenters. The van der Waals surface area contributed by atoms with Crippen LogP contribution in [0.25, 0.3) is 0 Å². The summed E-state index contributed by atoms with van der Waals surface area (Å²) in [6.07, 6.45) is 3.92. The van der Waals surface area contributed by atoms with Crippen molar-refractivity contribution >= 4 is 15.9 Å². The van der Waals surface area contributed by atoms with E-state index >= 15 is 0 Å². The predicted molar refractivity (Wildman–Crippen MR) is 65.8 cm³/mol. The zero-order chi connectivity index (χ0) is 14.8. The fourth-order valence-corrected chi connectivity index (χ4v) is 2.67. The average Bonchev–Trinajstić information content (AvgIpc) is 2.77. The van der Waals surface area contributed by atoms with Gasteiger partial charge in [-0.05, 0) is 13.8 Å². The molecular weight excluding hydrogens is 286 g/mol. The Labute approximate surface area is 114 Å². The molecule has 106 valence electrons. The first-order chi connectivity index (χ1) is 9.42. The Kier molecular flexibility index (Phi) is 3.77. The van der Waals surface area contributed by atoms with E-state index in [9.17, 15) is 13.2 Å². The van der Waals surface area contributed by atoms with Gasteiger partial charge in [0, 0.05) is 12.4 Å². The second-order valence-electron chi connectivity index (χ2n) is 3.80. The van der Waals surface area contributed by atoms with Crippen molar-refractivity contribution in [2.75, 3.05) is 0 Å². The van der Waals surface area contributed by atoms with Crippen LogP contribution in [-0.4, -0.2) is 29.4 Å². The minimum atomic E-state index is -3.97. The molecule has 2 aromatic heterocycles. The highest BCUT2D eigenvalue weighted by atomic mass is 32.2. The lowest BCUT2D eigenvalue weighted by Crippen LogP contribution is -2.42. The van der Waals surface area contributed by atoms with E-state index in [4.69, 9.17) is 4.52 Å². The van der Waals surface area contributed by atoms with Crippen molar-refractivity contribution in [1.82, 2.24) is 25.4 Å². The highest BCUT2D eigenvalue weighted by Gasteiger charge is 2.24. The summed E-state index contributed by atoms with van der Waals surface area (Å²) in [5.74, 6) is -0.600. The van der Waals surface area contributed by atoms with Crippen molar-refractivity contribution in [3.63, 3.8) is 0 Å². The summed E-state index contributed by atoms with van der Waals surface area (Å²) in [4.78, 5) is 20.9. The zero-order valence-corrected chi connectivity index (χ0v) is 11.4. The summed E-state index contributed by atoms with van der Waals surface area (Å²) in [5, 5.41) is 3.54. The standard InChI is InChI=1S/C10H11N5O4S/c1-6-9(7(2)19-14-6)20(17,18)15-13-10(16)8-5-11-3-4-12-8/h3-5,15H,1-2H3,(H,13,16). The van der Waals surface area contributed by atoms with Gasteiger partial charge in [-0.1, -0.05) is 5.16 Å². The molecule has 2 heterocycles. The SMILES string of the molecule is Cc1noc(C)c1S(=O)(=O)NNC(=O)c1cnccn1. The number of carbonyl (C=O) groups excluding carboxylic acids is 1. The molecule has 2 N–H and O–H groups in total. The molecule has 0 fully saturated rings. The van der Waals surface area contributed by atoms with Gasteiger partial charge in [0.05, 0.1) is 6.20 Å². The number of hydrogen-bond donors (Lipinski definition) is 2. The number of amides is 1. The molecule has 9 nitrogen and oxygen atoms in total. The Bertz CT molecular complexity index is 706. The van der Waals surface area contributed by atoms with E-state index < -0.39 is 15.9 Å². The molecule has 0 spiro atoms. The number of hydrazine groups is 1. The second kappa shape index (κ2) is 5.35. The molecule has 10 heteroatoms. The first kappa shape index (κ1) is 14.1. The monoisotopic (exact) mass is 297 g/mol. The van der Waals surface area contributed by atoms with E-state index in [1.165, 1.54) is 32.4 Å². The number of nitrogens with one attached hydrogen (secondary N) is 2. The van der Waals surface area contributed by atoms with Crippen molar-refractivity contribution in [2.24, 2.45) is 0 Å². The van der Waals surface area contributed by atoms with Crippen molar-refractivity contribution in [3.8, 4) is 0 Å². The van der Waals surface area contributed by atoms with Gasteiger partial charge < -0.3 is 4.52 Å². The first-order valence-electron chi connectivity index (χ1n) is 5.43. The lowest BCUT2D eigenvalue weighted by Gasteiger charge is -2.07. The van der Waals surface area contributed by atoms with Crippen molar-refractivity contribution in [2.45, 2.75) is 18.7 Å². The third kappa shape index (κ3) is 2.81. The van der Waals surface area contributed by atoms with Crippen molar-refractivity contribution in [1.29, 1.82) is 0 Å². The predicted octanol–water partition coefficient (Wildman–Crippen LogP) is -0.295. The Hall–Kier alpha value is -2.33. The summed E-state index contributed by atoms with van der Waals surface area (Å²) < 4.78 is 28.8. The molecule has 2 rings (SSSR count). The van der Waals surface area contributed by atoms with E-state index in [1.54, 1.807) is 0 Å². The normalized spacial score (nSPS) is 11.3. The van der Waals surface area contributed by atoms with Crippen LogP contribution in [-0.2, 0) is 10.0 Å². The smallest absolute Gasteiger partial charge is 0.286 e. The van der Waals surface area contributed by atoms with E-state index in [-0.39, 0.29) is 22.0 Å². The summed E-state index contributed by atoms with van der Waals surface area (Å²) in [7, 11) is -3.97. The molecule has 0 aromatic carbocycles. The van der Waals surface area contributed by atoms with Gasteiger partial charge in [0.2, 0.25) is 0 Å². The van der Waals surface area contributed by atoms with E-state index in [0.29, 0.717) is 0 Å². The number of rotatable bonds is 4. The molecule has 2 aromatic rings. The minimum absolute atomic E-state index is 0.0195. The van der Waals surface area contributed by atoms with Gasteiger partial charge in [-0.15, -0.1) is 4.83 Å². The molecule has 0 unspecified atom stereocenters. The summed E-state index contributed by atoms with van der Waals surface area (Å²) in [5.41, 5.74) is 2.21. The van der Waals surface area contributed by atoms with Crippen molar-refractivity contribution in [3.05, 3.63) is 35.7 Å². The fraction of sp³-hybridized carbons (Fsp3) is 0.200. The maximum atomic E-state index is 12.0. The molecule has 0 saturated heterocycles. The Morgan fingerprint density at radius 2 is 2.05 bits per heavy atom. The molecule has 0 radical (unpaired) electrons. The van der Waals surface area contributed by atoms with Gasteiger partial charge in [0.1, 0.15) is 16.3 Å². The number of hydrogen-bond acceptors (Lipinski definition) is 7. The topological polar surface area (TPSA) is 127 Å². The number of sulfonamides is 1. The van der Waals surface area contributed by atoms with Crippen LogP contribution in [0.5, 0.6) is 0 Å². The van der Waals surface area contributed by atoms with E-state index in [1.807, 2.05) is 10.3 Å². The van der Waals surface area contributed by atoms with Crippen LogP contribution >= 0.6 is 0 Å². The lowest BCUT2D eigenvalue weighted by atomic mass is 10.4. The molecular formula is C10H11N5O4S. The van der Waals surface area contributed by atoms with Crippen LogP contribution in [0.3, 0.4) is 0 Å². The van der Waals surface area contributed by atoms with Gasteiger partial charge in [-0.3, -0.25) is 15.2 Å². The third-order valence-corrected chi connectivity index (χ3v) is 3.82. The Balaban J connectivity index is 2.13. The Morgan fingerprint density at radius 1 is 1.30 bits per heavy atom. The molecule has 0 saturated carbocycles. The summed E-state index contributed by atoms with van der Waals surface area (Å²) in [6.45, 7) is 2.94. The van der Waals surface area contributed by atoms with Gasteiger partial charge in [-0.25, -0.2) is 13.4 Å². The molecule has 0 bridgehead atoms. The zero-order valence-electron chi connectivity index (χ0n) is 10.6. The van der Waals surface area contributed by atoms with E-state index in [0.717, 1.165) is 0 Å². The lowest BCUT2D eigenvalue weighted by molar-refractivity contribution is 0.0939. The number of aryl methyl sites for hydroxylation is 2. The van der Waals surface area contributed by atoms with Gasteiger partial charge >= 0.3 is 0 Å². The van der Waals surface area contributed by atoms with Gasteiger partial charge in [0.15, 0.2) is 5.76 Å². The molecule has 20 heavy (non-hydrogen) atoms. The quantitative estimate of drug-likeness (QED) is 0.742. The summed E-state index contributed by atoms with van der Waals surface area (Å²) in [6, 6.07) is 0. The van der Waals surface area contributed by atoms with Crippen LogP contribution in [0.1, 0.15) is 21.9 Å². The highest BCUT2D eigenvalue weighted by molar-refractivity contribution is 7.89. The van der Waals surface area contributed by atoms with E-state index in [2.05, 4.69) is 15.1 Å². The average molecular weight is 297 g/mol. The highest BCUT2D eigenvalue weighted by Crippen LogP contribution is 2.17. The van der Waals surface area contributed by atoms with Gasteiger partial charge in [-0.2, -0.15) is 0 Å². The van der Waals surface area contributed by atoms with Crippen LogP contribution < -0.4 is 10.3 Å². The largest absolute Gasteiger partial charge is 0.360 e. The number of aromatic nitrogens is 3. The van der Waals surface area contributed by atoms with Crippen LogP contribution in [0, 0.1) is 13.8 Å². The molecule has 0 aliphatic heterocycles. The molecule has 0 aliphatic carbocycles. The maximum Gasteiger partial charge on any atom is 0.286 e. The van der Waals surface area contributed by atoms with Gasteiger partial charge in [0.25, 0.3) is 15.9 Å². The number of carbonyl (C=O) groups is 1. The Morgan fingerprint density at radius 3 is 2.60 bits per heavy atom. The molecule has 0 aliphatic rings. The van der Waals surface area contributed by atoms with Crippen molar-refractivity contribution < 1.29 is 17.7 Å². The fourth-order valence-electron chi connectivity index (χ4n) is 1.50. The van der Waals surface area contributed by atoms with Crippen LogP contribution in [0.4, 0.5) is 0 Å². The minimum Gasteiger partial charge on any atom is -0.360 e. The van der Waals surface area contributed by atoms with Crippen LogP contribution in [0.15, 0.2) is 28.0 Å². The molecule has 1 amide bonds. The maximum absolute atomic E-state index is 12.0. The first-order valence-corrected chi connectivity index (χ1v) is 6.91. The summed E-state index contributed by atoms with van der Waals surface area (Å²) >= 11 is 0. The second-order valence-corrected chi connectivity index (χ2v) is 5.42. The van der Waals surface area contributed by atoms with Crippen LogP contribution in [0.2, 0.25) is 0 Å².